The average molecular weight is 916 g/mol. The van der Waals surface area contributed by atoms with Crippen molar-refractivity contribution in [1.82, 2.24) is 0 Å². The highest BCUT2D eigenvalue weighted by Crippen LogP contribution is 2.51. The SMILES string of the molecule is CC1(C)C(/C=C/C2=C(Sc3ccc(C(=O)O)cc3)C(=C/C=C3/N(CCCS(=O)(=O)[O-])c4ccc5ccccc5c4C3(C)C)/CCC2)=[N+](CCCS(=O)(=O)[O-])c2ccc3ccccc3c21. The number of aromatic carboxylic acids is 1. The lowest BCUT2D eigenvalue weighted by atomic mass is 9.78. The molecule has 1 N–H and O–H groups in total. The van der Waals surface area contributed by atoms with Crippen LogP contribution in [0.1, 0.15) is 81.3 Å². The highest BCUT2D eigenvalue weighted by Gasteiger charge is 2.46. The Kier molecular flexibility index (Phi) is 12.4. The largest absolute Gasteiger partial charge is 0.748 e. The number of anilines is 1. The number of carboxylic acid groups (broad SMARTS) is 1. The predicted octanol–water partition coefficient (Wildman–Crippen LogP) is 10.3. The Morgan fingerprint density at radius 2 is 1.38 bits per heavy atom. The van der Waals surface area contributed by atoms with Crippen molar-refractivity contribution in [3.8, 4) is 0 Å². The van der Waals surface area contributed by atoms with Gasteiger partial charge in [0.05, 0.1) is 31.2 Å². The van der Waals surface area contributed by atoms with Crippen molar-refractivity contribution in [3.63, 3.8) is 0 Å². The number of fused-ring (bicyclic) bond motifs is 6. The van der Waals surface area contributed by atoms with Gasteiger partial charge in [0.15, 0.2) is 5.71 Å². The van der Waals surface area contributed by atoms with Crippen molar-refractivity contribution in [1.29, 1.82) is 0 Å². The molecule has 0 radical (unpaired) electrons. The van der Waals surface area contributed by atoms with Crippen LogP contribution in [0, 0.1) is 0 Å². The summed E-state index contributed by atoms with van der Waals surface area (Å²) < 4.78 is 72.6. The second-order valence-electron chi connectivity index (χ2n) is 17.7. The van der Waals surface area contributed by atoms with E-state index in [1.54, 1.807) is 23.9 Å². The molecule has 0 unspecified atom stereocenters. The topological polar surface area (TPSA) is 158 Å². The second-order valence-corrected chi connectivity index (χ2v) is 21.9. The van der Waals surface area contributed by atoms with Crippen molar-refractivity contribution >= 4 is 76.6 Å². The summed E-state index contributed by atoms with van der Waals surface area (Å²) in [6.07, 6.45) is 11.4. The summed E-state index contributed by atoms with van der Waals surface area (Å²) in [5, 5.41) is 14.1. The van der Waals surface area contributed by atoms with Crippen LogP contribution in [0.2, 0.25) is 0 Å². The predicted molar refractivity (Wildman–Crippen MR) is 255 cm³/mol. The first-order valence-corrected chi connectivity index (χ1v) is 25.5. The smallest absolute Gasteiger partial charge is 0.335 e. The minimum Gasteiger partial charge on any atom is -0.748 e. The number of carboxylic acids is 1. The number of nitrogens with zero attached hydrogens (tertiary/aromatic N) is 2. The summed E-state index contributed by atoms with van der Waals surface area (Å²) in [7, 11) is -8.82. The molecule has 5 aromatic carbocycles. The highest BCUT2D eigenvalue weighted by molar-refractivity contribution is 8.03. The standard InChI is InChI=1S/C51H52N2O8S3/c1-50(2)44(52(30-10-32-63(56,57)58)42-26-20-34-12-5-7-16-40(34)46(42)50)28-22-36-14-9-15-37(48(36)62-39-24-18-38(19-25-39)49(54)55)23-29-45-51(3,4)47-41-17-8-6-13-35(41)21-27-43(47)53(45)31-11-33-64(59,60)61/h5-8,12-13,16-29H,9-11,14-15,30-33H2,1-4H3,(H2-,54,55,56,57,58,59,60,61)/p-1. The van der Waals surface area contributed by atoms with E-state index in [2.05, 4.69) is 110 Å². The molecule has 2 aliphatic heterocycles. The maximum absolute atomic E-state index is 11.8. The van der Waals surface area contributed by atoms with Crippen LogP contribution in [0.3, 0.4) is 0 Å². The summed E-state index contributed by atoms with van der Waals surface area (Å²) in [4.78, 5) is 15.8. The van der Waals surface area contributed by atoms with Crippen LogP contribution in [-0.4, -0.2) is 71.9 Å². The summed E-state index contributed by atoms with van der Waals surface area (Å²) in [6.45, 7) is 9.40. The molecule has 0 atom stereocenters. The summed E-state index contributed by atoms with van der Waals surface area (Å²) in [5.41, 5.74) is 7.61. The van der Waals surface area contributed by atoms with E-state index in [0.29, 0.717) is 13.1 Å². The van der Waals surface area contributed by atoms with Gasteiger partial charge in [-0.05, 0) is 120 Å². The van der Waals surface area contributed by atoms with Gasteiger partial charge in [0, 0.05) is 68.8 Å². The second kappa shape index (κ2) is 17.6. The number of thioether (sulfide) groups is 1. The lowest BCUT2D eigenvalue weighted by molar-refractivity contribution is -0.437. The number of carbonyl (C=O) groups is 1. The van der Waals surface area contributed by atoms with E-state index in [1.165, 1.54) is 0 Å². The van der Waals surface area contributed by atoms with E-state index in [0.717, 1.165) is 95.7 Å². The summed E-state index contributed by atoms with van der Waals surface area (Å²) in [6, 6.07) is 31.6. The van der Waals surface area contributed by atoms with Crippen LogP contribution < -0.4 is 4.90 Å². The molecule has 0 saturated carbocycles. The van der Waals surface area contributed by atoms with Crippen LogP contribution in [0.15, 0.2) is 148 Å². The molecule has 10 nitrogen and oxygen atoms in total. The molecule has 0 spiro atoms. The Morgan fingerprint density at radius 1 is 0.750 bits per heavy atom. The number of allylic oxidation sites excluding steroid dienone is 7. The monoisotopic (exact) mass is 915 g/mol. The Bertz CT molecular complexity index is 3090. The van der Waals surface area contributed by atoms with Gasteiger partial charge in [-0.15, -0.1) is 0 Å². The van der Waals surface area contributed by atoms with Crippen molar-refractivity contribution in [2.75, 3.05) is 29.5 Å². The zero-order chi connectivity index (χ0) is 45.6. The quantitative estimate of drug-likeness (QED) is 0.0840. The molecule has 0 amide bonds. The molecule has 13 heteroatoms. The lowest BCUT2D eigenvalue weighted by Gasteiger charge is -2.28. The minimum absolute atomic E-state index is 0.170. The zero-order valence-corrected chi connectivity index (χ0v) is 38.8. The van der Waals surface area contributed by atoms with Crippen LogP contribution in [-0.2, 0) is 31.1 Å². The van der Waals surface area contributed by atoms with Gasteiger partial charge in [0.25, 0.3) is 0 Å². The lowest BCUT2D eigenvalue weighted by Crippen LogP contribution is -2.28. The molecule has 64 heavy (non-hydrogen) atoms. The molecular weight excluding hydrogens is 865 g/mol. The third kappa shape index (κ3) is 9.14. The Labute approximate surface area is 379 Å². The molecule has 0 fully saturated rings. The fourth-order valence-electron chi connectivity index (χ4n) is 9.85. The molecule has 0 saturated heterocycles. The first kappa shape index (κ1) is 45.3. The van der Waals surface area contributed by atoms with Gasteiger partial charge < -0.3 is 19.1 Å². The molecule has 0 aromatic heterocycles. The van der Waals surface area contributed by atoms with Crippen molar-refractivity contribution in [2.24, 2.45) is 0 Å². The van der Waals surface area contributed by atoms with Crippen LogP contribution in [0.4, 0.5) is 11.4 Å². The molecule has 1 aliphatic carbocycles. The molecule has 3 aliphatic rings. The van der Waals surface area contributed by atoms with Gasteiger partial charge in [0.2, 0.25) is 5.69 Å². The normalized spacial score (nSPS) is 18.6. The summed E-state index contributed by atoms with van der Waals surface area (Å²) in [5.74, 6) is -1.93. The Hall–Kier alpha value is -5.31. The van der Waals surface area contributed by atoms with Crippen molar-refractivity contribution in [2.45, 2.75) is 75.5 Å². The van der Waals surface area contributed by atoms with E-state index >= 15 is 0 Å². The summed E-state index contributed by atoms with van der Waals surface area (Å²) >= 11 is 1.58. The number of hydrogen-bond acceptors (Lipinski definition) is 9. The molecule has 5 aromatic rings. The van der Waals surface area contributed by atoms with Gasteiger partial charge in [-0.2, -0.15) is 4.58 Å². The third-order valence-electron chi connectivity index (χ3n) is 12.7. The maximum Gasteiger partial charge on any atom is 0.335 e. The fourth-order valence-corrected chi connectivity index (χ4v) is 11.9. The molecule has 2 heterocycles. The maximum atomic E-state index is 11.8. The van der Waals surface area contributed by atoms with Crippen LogP contribution in [0.25, 0.3) is 21.5 Å². The highest BCUT2D eigenvalue weighted by atomic mass is 32.2. The van der Waals surface area contributed by atoms with Gasteiger partial charge in [-0.25, -0.2) is 21.6 Å². The van der Waals surface area contributed by atoms with Gasteiger partial charge >= 0.3 is 5.97 Å². The van der Waals surface area contributed by atoms with Crippen molar-refractivity contribution in [3.05, 3.63) is 160 Å². The van der Waals surface area contributed by atoms with Crippen molar-refractivity contribution < 1.29 is 40.4 Å². The number of rotatable bonds is 14. The van der Waals surface area contributed by atoms with Gasteiger partial charge in [0.1, 0.15) is 6.54 Å². The Morgan fingerprint density at radius 3 is 2.03 bits per heavy atom. The molecule has 8 rings (SSSR count). The molecule has 0 bridgehead atoms. The van der Waals surface area contributed by atoms with Crippen LogP contribution >= 0.6 is 11.8 Å². The van der Waals surface area contributed by atoms with Crippen LogP contribution in [0.5, 0.6) is 0 Å². The number of benzene rings is 5. The van der Waals surface area contributed by atoms with E-state index in [1.807, 2.05) is 36.4 Å². The van der Waals surface area contributed by atoms with Gasteiger partial charge in [-0.1, -0.05) is 92.4 Å². The number of hydrogen-bond donors (Lipinski definition) is 1. The third-order valence-corrected chi connectivity index (χ3v) is 15.6. The average Bonchev–Trinajstić information content (AvgIpc) is 3.60. The van der Waals surface area contributed by atoms with Gasteiger partial charge in [-0.3, -0.25) is 0 Å². The first-order chi connectivity index (χ1) is 30.3. The minimum atomic E-state index is -4.41. The van der Waals surface area contributed by atoms with E-state index in [-0.39, 0.29) is 18.4 Å². The first-order valence-electron chi connectivity index (χ1n) is 21.5. The molecular formula is C51H51N2O8S3-. The van der Waals surface area contributed by atoms with E-state index in [9.17, 15) is 35.8 Å². The fraction of sp³-hybridized carbons (Fsp3) is 0.294. The van der Waals surface area contributed by atoms with E-state index in [4.69, 9.17) is 0 Å². The molecule has 332 valence electrons. The zero-order valence-electron chi connectivity index (χ0n) is 36.3. The van der Waals surface area contributed by atoms with E-state index < -0.39 is 48.5 Å². The Balaban J connectivity index is 1.25.